The van der Waals surface area contributed by atoms with E-state index >= 15 is 0 Å². The molecule has 98 valence electrons. The van der Waals surface area contributed by atoms with Gasteiger partial charge in [0.25, 0.3) is 0 Å². The van der Waals surface area contributed by atoms with E-state index in [4.69, 9.17) is 0 Å². The van der Waals surface area contributed by atoms with Crippen LogP contribution in [0.15, 0.2) is 0 Å². The number of nitrogens with one attached hydrogen (secondary N) is 1. The van der Waals surface area contributed by atoms with Crippen LogP contribution in [-0.4, -0.2) is 18.8 Å². The van der Waals surface area contributed by atoms with Crippen LogP contribution < -0.4 is 5.32 Å². The third kappa shape index (κ3) is 10.3. The second-order valence-corrected chi connectivity index (χ2v) is 4.78. The molecule has 0 spiro atoms. The van der Waals surface area contributed by atoms with Gasteiger partial charge < -0.3 is 5.32 Å². The molecule has 0 saturated carbocycles. The van der Waals surface area contributed by atoms with E-state index in [1.807, 2.05) is 6.92 Å². The third-order valence-electron chi connectivity index (χ3n) is 2.55. The first-order valence-electron chi connectivity index (χ1n) is 6.15. The number of halogens is 3. The molecule has 0 rings (SSSR count). The van der Waals surface area contributed by atoms with Crippen LogP contribution in [0.5, 0.6) is 0 Å². The molecule has 0 saturated heterocycles. The largest absolute Gasteiger partial charge is 0.389 e. The molecule has 0 aliphatic rings. The Balaban J connectivity index is 3.89. The number of hydrogen-bond acceptors (Lipinski definition) is 1. The van der Waals surface area contributed by atoms with Crippen molar-refractivity contribution in [2.75, 3.05) is 6.54 Å². The molecule has 1 unspecified atom stereocenters. The Morgan fingerprint density at radius 2 is 1.69 bits per heavy atom. The molecule has 0 aromatic carbocycles. The fraction of sp³-hybridized carbons (Fsp3) is 1.00. The average molecular weight is 239 g/mol. The van der Waals surface area contributed by atoms with Crippen LogP contribution in [0.1, 0.15) is 52.9 Å². The van der Waals surface area contributed by atoms with E-state index in [2.05, 4.69) is 19.2 Å². The van der Waals surface area contributed by atoms with Gasteiger partial charge in [-0.25, -0.2) is 0 Å². The Kier molecular flexibility index (Phi) is 7.81. The van der Waals surface area contributed by atoms with Crippen LogP contribution in [0.2, 0.25) is 0 Å². The molecular weight excluding hydrogens is 215 g/mol. The monoisotopic (exact) mass is 239 g/mol. The van der Waals surface area contributed by atoms with Crippen molar-refractivity contribution in [3.05, 3.63) is 0 Å². The van der Waals surface area contributed by atoms with Gasteiger partial charge in [0.05, 0.1) is 0 Å². The van der Waals surface area contributed by atoms with Gasteiger partial charge in [0.2, 0.25) is 0 Å². The van der Waals surface area contributed by atoms with E-state index in [0.717, 1.165) is 25.8 Å². The van der Waals surface area contributed by atoms with Crippen LogP contribution in [-0.2, 0) is 0 Å². The lowest BCUT2D eigenvalue weighted by Crippen LogP contribution is -2.31. The molecule has 1 nitrogen and oxygen atoms in total. The van der Waals surface area contributed by atoms with Gasteiger partial charge in [-0.2, -0.15) is 13.2 Å². The Morgan fingerprint density at radius 1 is 1.06 bits per heavy atom. The highest BCUT2D eigenvalue weighted by molar-refractivity contribution is 4.69. The molecule has 16 heavy (non-hydrogen) atoms. The lowest BCUT2D eigenvalue weighted by atomic mass is 10.00. The minimum Gasteiger partial charge on any atom is -0.314 e. The predicted molar refractivity (Wildman–Crippen MR) is 61.4 cm³/mol. The molecule has 0 fully saturated rings. The topological polar surface area (TPSA) is 12.0 Å². The molecule has 0 radical (unpaired) electrons. The van der Waals surface area contributed by atoms with Crippen molar-refractivity contribution < 1.29 is 13.2 Å². The van der Waals surface area contributed by atoms with Gasteiger partial charge >= 0.3 is 6.18 Å². The van der Waals surface area contributed by atoms with E-state index in [-0.39, 0.29) is 12.5 Å². The van der Waals surface area contributed by atoms with Gasteiger partial charge in [0.1, 0.15) is 0 Å². The summed E-state index contributed by atoms with van der Waals surface area (Å²) in [5, 5.41) is 3.20. The summed E-state index contributed by atoms with van der Waals surface area (Å²) >= 11 is 0. The van der Waals surface area contributed by atoms with Crippen molar-refractivity contribution >= 4 is 0 Å². The van der Waals surface area contributed by atoms with Crippen molar-refractivity contribution in [1.82, 2.24) is 5.32 Å². The van der Waals surface area contributed by atoms with Crippen LogP contribution in [0, 0.1) is 5.92 Å². The van der Waals surface area contributed by atoms with Gasteiger partial charge in [-0.1, -0.05) is 20.8 Å². The minimum absolute atomic E-state index is 0.0176. The SMILES string of the molecule is CCCNC(CCC(C)C)CCC(F)(F)F. The van der Waals surface area contributed by atoms with Crippen molar-refractivity contribution in [2.45, 2.75) is 65.1 Å². The Labute approximate surface area is 96.8 Å². The second-order valence-electron chi connectivity index (χ2n) is 4.78. The van der Waals surface area contributed by atoms with Crippen LogP contribution in [0.3, 0.4) is 0 Å². The molecule has 0 bridgehead atoms. The highest BCUT2D eigenvalue weighted by atomic mass is 19.4. The van der Waals surface area contributed by atoms with E-state index < -0.39 is 12.6 Å². The fourth-order valence-corrected chi connectivity index (χ4v) is 1.57. The fourth-order valence-electron chi connectivity index (χ4n) is 1.57. The summed E-state index contributed by atoms with van der Waals surface area (Å²) in [5.41, 5.74) is 0. The highest BCUT2D eigenvalue weighted by Gasteiger charge is 2.28. The second kappa shape index (κ2) is 7.93. The van der Waals surface area contributed by atoms with E-state index in [0.29, 0.717) is 5.92 Å². The zero-order valence-electron chi connectivity index (χ0n) is 10.5. The van der Waals surface area contributed by atoms with E-state index in [9.17, 15) is 13.2 Å². The molecule has 1 atom stereocenters. The zero-order valence-corrected chi connectivity index (χ0v) is 10.5. The Morgan fingerprint density at radius 3 is 2.12 bits per heavy atom. The van der Waals surface area contributed by atoms with Crippen LogP contribution in [0.25, 0.3) is 0 Å². The molecule has 0 aromatic rings. The third-order valence-corrected chi connectivity index (χ3v) is 2.55. The summed E-state index contributed by atoms with van der Waals surface area (Å²) in [6.07, 6.45) is -1.70. The lowest BCUT2D eigenvalue weighted by molar-refractivity contribution is -0.136. The molecule has 0 aromatic heterocycles. The van der Waals surface area contributed by atoms with Crippen molar-refractivity contribution in [2.24, 2.45) is 5.92 Å². The predicted octanol–water partition coefficient (Wildman–Crippen LogP) is 4.13. The normalized spacial score (nSPS) is 14.4. The molecular formula is C12H24F3N. The summed E-state index contributed by atoms with van der Waals surface area (Å²) in [6.45, 7) is 7.03. The van der Waals surface area contributed by atoms with Gasteiger partial charge in [-0.05, 0) is 38.1 Å². The molecule has 4 heteroatoms. The minimum atomic E-state index is -4.02. The maximum Gasteiger partial charge on any atom is 0.389 e. The summed E-state index contributed by atoms with van der Waals surface area (Å²) in [4.78, 5) is 0. The molecule has 0 aliphatic heterocycles. The highest BCUT2D eigenvalue weighted by Crippen LogP contribution is 2.23. The summed E-state index contributed by atoms with van der Waals surface area (Å²) < 4.78 is 36.3. The smallest absolute Gasteiger partial charge is 0.314 e. The molecule has 1 N–H and O–H groups in total. The van der Waals surface area contributed by atoms with Gasteiger partial charge in [0, 0.05) is 12.5 Å². The van der Waals surface area contributed by atoms with Crippen molar-refractivity contribution in [3.63, 3.8) is 0 Å². The summed E-state index contributed by atoms with van der Waals surface area (Å²) in [5.74, 6) is 0.553. The number of alkyl halides is 3. The first kappa shape index (κ1) is 15.8. The van der Waals surface area contributed by atoms with Gasteiger partial charge in [-0.15, -0.1) is 0 Å². The zero-order chi connectivity index (χ0) is 12.6. The summed E-state index contributed by atoms with van der Waals surface area (Å²) in [7, 11) is 0. The molecule has 0 heterocycles. The van der Waals surface area contributed by atoms with Crippen molar-refractivity contribution in [1.29, 1.82) is 0 Å². The van der Waals surface area contributed by atoms with E-state index in [1.165, 1.54) is 0 Å². The van der Waals surface area contributed by atoms with Gasteiger partial charge in [0.15, 0.2) is 0 Å². The maximum atomic E-state index is 12.1. The standard InChI is InChI=1S/C12H24F3N/c1-4-9-16-11(6-5-10(2)3)7-8-12(13,14)15/h10-11,16H,4-9H2,1-3H3. The first-order chi connectivity index (χ1) is 7.35. The quantitative estimate of drug-likeness (QED) is 0.671. The Bertz CT molecular complexity index is 166. The van der Waals surface area contributed by atoms with Crippen LogP contribution in [0.4, 0.5) is 13.2 Å². The summed E-state index contributed by atoms with van der Waals surface area (Å²) in [6, 6.07) is 0.0176. The number of hydrogen-bond donors (Lipinski definition) is 1. The maximum absolute atomic E-state index is 12.1. The Hall–Kier alpha value is -0.250. The molecule has 0 amide bonds. The van der Waals surface area contributed by atoms with E-state index in [1.54, 1.807) is 0 Å². The average Bonchev–Trinajstić information content (AvgIpc) is 2.15. The molecule has 0 aliphatic carbocycles. The lowest BCUT2D eigenvalue weighted by Gasteiger charge is -2.20. The van der Waals surface area contributed by atoms with Gasteiger partial charge in [-0.3, -0.25) is 0 Å². The van der Waals surface area contributed by atoms with Crippen LogP contribution >= 0.6 is 0 Å². The first-order valence-corrected chi connectivity index (χ1v) is 6.15. The van der Waals surface area contributed by atoms with Crippen molar-refractivity contribution in [3.8, 4) is 0 Å². The number of rotatable bonds is 8.